The fourth-order valence-electron chi connectivity index (χ4n) is 5.39. The number of ether oxygens (including phenoxy) is 3. The smallest absolute Gasteiger partial charge is 0.337 e. The van der Waals surface area contributed by atoms with Crippen LogP contribution in [0.15, 0.2) is 48.0 Å². The molecule has 2 fully saturated rings. The molecule has 5 rings (SSSR count). The summed E-state index contributed by atoms with van der Waals surface area (Å²) in [6.45, 7) is 6.11. The SMILES string of the molecule is COC(=O)c1ccc([C@@H]2/C(=C(\O)c3ccc4c(c3)C[C@@H](C)O4)C(=O)C(=O)N2CCCN2CCOCC2)cc1. The third kappa shape index (κ3) is 5.04. The molecule has 200 valence electrons. The number of likely N-dealkylation sites (tertiary alicyclic amines) is 1. The van der Waals surface area contributed by atoms with E-state index in [9.17, 15) is 19.5 Å². The van der Waals surface area contributed by atoms with Crippen LogP contribution in [0.5, 0.6) is 5.75 Å². The first-order valence-corrected chi connectivity index (χ1v) is 12.9. The Kier molecular flexibility index (Phi) is 7.49. The van der Waals surface area contributed by atoms with Crippen molar-refractivity contribution in [2.75, 3.05) is 46.5 Å². The first-order chi connectivity index (χ1) is 18.4. The first-order valence-electron chi connectivity index (χ1n) is 12.9. The van der Waals surface area contributed by atoms with Gasteiger partial charge in [-0.15, -0.1) is 0 Å². The molecule has 0 aliphatic carbocycles. The maximum atomic E-state index is 13.4. The number of Topliss-reactive ketones (excluding diaryl/α,β-unsaturated/α-hetero) is 1. The quantitative estimate of drug-likeness (QED) is 0.257. The first kappa shape index (κ1) is 25.9. The fourth-order valence-corrected chi connectivity index (χ4v) is 5.39. The van der Waals surface area contributed by atoms with E-state index in [0.717, 1.165) is 30.9 Å². The second kappa shape index (κ2) is 11.0. The molecule has 1 N–H and O–H groups in total. The summed E-state index contributed by atoms with van der Waals surface area (Å²) < 4.78 is 16.0. The van der Waals surface area contributed by atoms with Crippen LogP contribution in [-0.4, -0.2) is 85.2 Å². The molecule has 38 heavy (non-hydrogen) atoms. The number of nitrogens with zero attached hydrogens (tertiary/aromatic N) is 2. The molecule has 2 saturated heterocycles. The summed E-state index contributed by atoms with van der Waals surface area (Å²) in [5.41, 5.74) is 2.43. The van der Waals surface area contributed by atoms with E-state index in [1.165, 1.54) is 12.0 Å². The van der Waals surface area contributed by atoms with Crippen LogP contribution in [0.1, 0.15) is 46.4 Å². The Morgan fingerprint density at radius 3 is 2.47 bits per heavy atom. The molecule has 2 aromatic carbocycles. The lowest BCUT2D eigenvalue weighted by atomic mass is 9.94. The highest BCUT2D eigenvalue weighted by Gasteiger charge is 2.46. The molecule has 0 radical (unpaired) electrons. The highest BCUT2D eigenvalue weighted by molar-refractivity contribution is 6.46. The topological polar surface area (TPSA) is 106 Å². The lowest BCUT2D eigenvalue weighted by molar-refractivity contribution is -0.140. The Morgan fingerprint density at radius 1 is 1.05 bits per heavy atom. The van der Waals surface area contributed by atoms with Gasteiger partial charge in [0.25, 0.3) is 11.7 Å². The second-order valence-corrected chi connectivity index (χ2v) is 9.87. The van der Waals surface area contributed by atoms with Gasteiger partial charge in [0.2, 0.25) is 0 Å². The van der Waals surface area contributed by atoms with E-state index in [0.29, 0.717) is 49.3 Å². The van der Waals surface area contributed by atoms with Crippen molar-refractivity contribution in [3.05, 3.63) is 70.3 Å². The van der Waals surface area contributed by atoms with Crippen molar-refractivity contribution in [2.24, 2.45) is 0 Å². The van der Waals surface area contributed by atoms with Gasteiger partial charge in [-0.1, -0.05) is 12.1 Å². The van der Waals surface area contributed by atoms with Crippen LogP contribution in [0.3, 0.4) is 0 Å². The summed E-state index contributed by atoms with van der Waals surface area (Å²) in [6.07, 6.45) is 1.40. The molecule has 0 saturated carbocycles. The number of hydrogen-bond donors (Lipinski definition) is 1. The minimum atomic E-state index is -0.783. The minimum Gasteiger partial charge on any atom is -0.507 e. The Hall–Kier alpha value is -3.69. The van der Waals surface area contributed by atoms with Crippen LogP contribution in [0, 0.1) is 0 Å². The predicted octanol–water partition coefficient (Wildman–Crippen LogP) is 2.94. The van der Waals surface area contributed by atoms with E-state index in [4.69, 9.17) is 14.2 Å². The number of hydrogen-bond acceptors (Lipinski definition) is 8. The number of morpholine rings is 1. The van der Waals surface area contributed by atoms with E-state index in [1.54, 1.807) is 36.4 Å². The summed E-state index contributed by atoms with van der Waals surface area (Å²) in [5.74, 6) is -1.31. The van der Waals surface area contributed by atoms with Gasteiger partial charge >= 0.3 is 5.97 Å². The molecule has 0 spiro atoms. The third-order valence-corrected chi connectivity index (χ3v) is 7.33. The van der Waals surface area contributed by atoms with E-state index in [2.05, 4.69) is 4.90 Å². The monoisotopic (exact) mass is 520 g/mol. The highest BCUT2D eigenvalue weighted by atomic mass is 16.5. The van der Waals surface area contributed by atoms with Crippen molar-refractivity contribution in [2.45, 2.75) is 31.9 Å². The number of esters is 1. The summed E-state index contributed by atoms with van der Waals surface area (Å²) in [7, 11) is 1.31. The summed E-state index contributed by atoms with van der Waals surface area (Å²) in [6, 6.07) is 11.1. The Morgan fingerprint density at radius 2 is 1.76 bits per heavy atom. The largest absolute Gasteiger partial charge is 0.507 e. The average molecular weight is 521 g/mol. The van der Waals surface area contributed by atoms with E-state index in [1.807, 2.05) is 13.0 Å². The lowest BCUT2D eigenvalue weighted by Crippen LogP contribution is -2.39. The number of aliphatic hydroxyl groups excluding tert-OH is 1. The minimum absolute atomic E-state index is 0.0350. The molecule has 2 atom stereocenters. The van der Waals surface area contributed by atoms with Crippen LogP contribution >= 0.6 is 0 Å². The van der Waals surface area contributed by atoms with Crippen LogP contribution in [0.2, 0.25) is 0 Å². The number of carbonyl (C=O) groups excluding carboxylic acids is 3. The Balaban J connectivity index is 1.49. The van der Waals surface area contributed by atoms with Gasteiger partial charge in [0.05, 0.1) is 37.5 Å². The predicted molar refractivity (Wildman–Crippen MR) is 139 cm³/mol. The van der Waals surface area contributed by atoms with Gasteiger partial charge in [0.1, 0.15) is 17.6 Å². The molecular weight excluding hydrogens is 488 g/mol. The average Bonchev–Trinajstić information content (AvgIpc) is 3.44. The maximum Gasteiger partial charge on any atom is 0.337 e. The van der Waals surface area contributed by atoms with Gasteiger partial charge in [0, 0.05) is 38.2 Å². The van der Waals surface area contributed by atoms with Crippen LogP contribution in [0.4, 0.5) is 0 Å². The van der Waals surface area contributed by atoms with Crippen LogP contribution < -0.4 is 4.74 Å². The molecule has 9 nitrogen and oxygen atoms in total. The lowest BCUT2D eigenvalue weighted by Gasteiger charge is -2.29. The zero-order chi connectivity index (χ0) is 26.8. The van der Waals surface area contributed by atoms with Crippen molar-refractivity contribution in [1.82, 2.24) is 9.80 Å². The Bertz CT molecular complexity index is 1260. The van der Waals surface area contributed by atoms with E-state index in [-0.39, 0.29) is 17.4 Å². The van der Waals surface area contributed by atoms with Crippen molar-refractivity contribution >= 4 is 23.4 Å². The molecule has 3 heterocycles. The van der Waals surface area contributed by atoms with Crippen LogP contribution in [0.25, 0.3) is 5.76 Å². The van der Waals surface area contributed by atoms with Gasteiger partial charge in [-0.2, -0.15) is 0 Å². The van der Waals surface area contributed by atoms with Crippen molar-refractivity contribution in [1.29, 1.82) is 0 Å². The second-order valence-electron chi connectivity index (χ2n) is 9.87. The highest BCUT2D eigenvalue weighted by Crippen LogP contribution is 2.40. The van der Waals surface area contributed by atoms with Crippen molar-refractivity contribution < 1.29 is 33.7 Å². The molecule has 0 bridgehead atoms. The summed E-state index contributed by atoms with van der Waals surface area (Å²) in [5, 5.41) is 11.4. The van der Waals surface area contributed by atoms with Crippen molar-refractivity contribution in [3.63, 3.8) is 0 Å². The third-order valence-electron chi connectivity index (χ3n) is 7.33. The molecule has 0 aromatic heterocycles. The number of fused-ring (bicyclic) bond motifs is 1. The number of carbonyl (C=O) groups is 3. The molecule has 9 heteroatoms. The van der Waals surface area contributed by atoms with Gasteiger partial charge < -0.3 is 24.2 Å². The zero-order valence-corrected chi connectivity index (χ0v) is 21.6. The van der Waals surface area contributed by atoms with Gasteiger partial charge in [0.15, 0.2) is 0 Å². The summed E-state index contributed by atoms with van der Waals surface area (Å²) >= 11 is 0. The standard InChI is InChI=1S/C29H32N2O7/c1-18-16-22-17-21(8-9-23(22)38-18)26(32)24-25(19-4-6-20(7-5-19)29(35)36-2)31(28(34)27(24)33)11-3-10-30-12-14-37-15-13-30/h4-9,17-18,25,32H,3,10-16H2,1-2H3/b26-24+/t18-,25-/m1/s1. The van der Waals surface area contributed by atoms with E-state index < -0.39 is 23.7 Å². The molecule has 1 amide bonds. The molecule has 2 aromatic rings. The molecule has 3 aliphatic heterocycles. The van der Waals surface area contributed by atoms with Gasteiger partial charge in [-0.05, 0) is 54.8 Å². The Labute approximate surface area is 221 Å². The molecule has 0 unspecified atom stereocenters. The van der Waals surface area contributed by atoms with Crippen LogP contribution in [-0.2, 0) is 25.5 Å². The molecular formula is C29H32N2O7. The van der Waals surface area contributed by atoms with Gasteiger partial charge in [-0.25, -0.2) is 4.79 Å². The summed E-state index contributed by atoms with van der Waals surface area (Å²) in [4.78, 5) is 42.4. The van der Waals surface area contributed by atoms with E-state index >= 15 is 0 Å². The zero-order valence-electron chi connectivity index (χ0n) is 21.6. The molecule has 3 aliphatic rings. The number of ketones is 1. The van der Waals surface area contributed by atoms with Crippen molar-refractivity contribution in [3.8, 4) is 5.75 Å². The maximum absolute atomic E-state index is 13.4. The van der Waals surface area contributed by atoms with Gasteiger partial charge in [-0.3, -0.25) is 14.5 Å². The number of rotatable bonds is 7. The normalized spacial score (nSPS) is 22.8. The number of methoxy groups -OCH3 is 1. The fraction of sp³-hybridized carbons (Fsp3) is 0.414. The number of aliphatic hydroxyl groups is 1. The number of amides is 1. The number of benzene rings is 2.